The smallest absolute Gasteiger partial charge is 0.254 e. The Balaban J connectivity index is 1.55. The summed E-state index contributed by atoms with van der Waals surface area (Å²) in [5, 5.41) is 2.08. The summed E-state index contributed by atoms with van der Waals surface area (Å²) in [5.41, 5.74) is 2.72. The van der Waals surface area contributed by atoms with Crippen LogP contribution in [0.1, 0.15) is 46.3 Å². The molecule has 0 bridgehead atoms. The monoisotopic (exact) mass is 506 g/mol. The van der Waals surface area contributed by atoms with E-state index in [0.29, 0.717) is 31.0 Å². The fourth-order valence-corrected chi connectivity index (χ4v) is 5.54. The highest BCUT2D eigenvalue weighted by Crippen LogP contribution is 2.34. The molecule has 1 aliphatic heterocycles. The van der Waals surface area contributed by atoms with Crippen molar-refractivity contribution >= 4 is 23.2 Å². The van der Waals surface area contributed by atoms with Gasteiger partial charge >= 0.3 is 0 Å². The third-order valence-electron chi connectivity index (χ3n) is 6.42. The van der Waals surface area contributed by atoms with Crippen molar-refractivity contribution in [3.05, 3.63) is 81.5 Å². The highest BCUT2D eigenvalue weighted by Gasteiger charge is 2.34. The Kier molecular flexibility index (Phi) is 8.31. The second-order valence-electron chi connectivity index (χ2n) is 9.54. The van der Waals surface area contributed by atoms with Gasteiger partial charge in [0.2, 0.25) is 5.91 Å². The Hall–Kier alpha value is -3.32. The lowest BCUT2D eigenvalue weighted by atomic mass is 10.00. The van der Waals surface area contributed by atoms with E-state index in [2.05, 4.69) is 11.4 Å². The van der Waals surface area contributed by atoms with Crippen LogP contribution < -0.4 is 9.47 Å². The number of methoxy groups -OCH3 is 1. The van der Waals surface area contributed by atoms with Crippen molar-refractivity contribution in [3.63, 3.8) is 0 Å². The molecule has 0 saturated carbocycles. The highest BCUT2D eigenvalue weighted by molar-refractivity contribution is 7.10. The average molecular weight is 507 g/mol. The van der Waals surface area contributed by atoms with Crippen LogP contribution in [0.2, 0.25) is 0 Å². The zero-order valence-corrected chi connectivity index (χ0v) is 22.2. The van der Waals surface area contributed by atoms with Crippen LogP contribution in [0.3, 0.4) is 0 Å². The van der Waals surface area contributed by atoms with Gasteiger partial charge in [-0.05, 0) is 66.1 Å². The summed E-state index contributed by atoms with van der Waals surface area (Å²) >= 11 is 1.73. The van der Waals surface area contributed by atoms with E-state index in [1.807, 2.05) is 49.9 Å². The Morgan fingerprint density at radius 3 is 2.69 bits per heavy atom. The first-order valence-corrected chi connectivity index (χ1v) is 13.2. The van der Waals surface area contributed by atoms with Gasteiger partial charge in [0, 0.05) is 23.5 Å². The van der Waals surface area contributed by atoms with Gasteiger partial charge in [-0.2, -0.15) is 0 Å². The van der Waals surface area contributed by atoms with E-state index in [9.17, 15) is 9.59 Å². The lowest BCUT2D eigenvalue weighted by Crippen LogP contribution is -2.48. The van der Waals surface area contributed by atoms with Crippen LogP contribution >= 0.6 is 11.3 Å². The van der Waals surface area contributed by atoms with E-state index < -0.39 is 0 Å². The number of hydrogen-bond acceptors (Lipinski definition) is 5. The molecule has 2 aromatic carbocycles. The second-order valence-corrected chi connectivity index (χ2v) is 10.5. The van der Waals surface area contributed by atoms with E-state index in [1.54, 1.807) is 47.6 Å². The summed E-state index contributed by atoms with van der Waals surface area (Å²) in [4.78, 5) is 32.0. The van der Waals surface area contributed by atoms with Crippen LogP contribution in [0.4, 0.5) is 0 Å². The number of aryl methyl sites for hydroxylation is 1. The molecule has 0 saturated heterocycles. The maximum Gasteiger partial charge on any atom is 0.254 e. The maximum absolute atomic E-state index is 13.7. The molecule has 190 valence electrons. The van der Waals surface area contributed by atoms with Gasteiger partial charge in [-0.15, -0.1) is 11.3 Å². The third kappa shape index (κ3) is 5.90. The van der Waals surface area contributed by atoms with Crippen molar-refractivity contribution < 1.29 is 19.1 Å². The number of thiophene rings is 1. The third-order valence-corrected chi connectivity index (χ3v) is 7.42. The number of ether oxygens (including phenoxy) is 2. The highest BCUT2D eigenvalue weighted by atomic mass is 32.1. The molecule has 0 spiro atoms. The van der Waals surface area contributed by atoms with Crippen LogP contribution in [0.25, 0.3) is 0 Å². The molecule has 2 amide bonds. The van der Waals surface area contributed by atoms with E-state index >= 15 is 0 Å². The van der Waals surface area contributed by atoms with Gasteiger partial charge < -0.3 is 19.3 Å². The van der Waals surface area contributed by atoms with Gasteiger partial charge in [0.1, 0.15) is 24.7 Å². The summed E-state index contributed by atoms with van der Waals surface area (Å²) in [6.45, 7) is 7.61. The predicted molar refractivity (Wildman–Crippen MR) is 143 cm³/mol. The fourth-order valence-electron chi connectivity index (χ4n) is 4.61. The Morgan fingerprint density at radius 2 is 1.94 bits per heavy atom. The SMILES string of the molecule is COc1cccc(C(=O)N(CC(=O)N2CCc3sccc3C2COc2ccccc2C)CC(C)C)c1. The molecule has 0 aliphatic carbocycles. The van der Waals surface area contributed by atoms with Crippen molar-refractivity contribution in [3.8, 4) is 11.5 Å². The number of fused-ring (bicyclic) bond motifs is 1. The predicted octanol–water partition coefficient (Wildman–Crippen LogP) is 5.37. The molecular weight excluding hydrogens is 472 g/mol. The molecule has 3 aromatic rings. The number of carbonyl (C=O) groups excluding carboxylic acids is 2. The van der Waals surface area contributed by atoms with Gasteiger partial charge in [-0.25, -0.2) is 0 Å². The van der Waals surface area contributed by atoms with Gasteiger partial charge in [0.05, 0.1) is 13.2 Å². The van der Waals surface area contributed by atoms with Gasteiger partial charge in [-0.1, -0.05) is 38.1 Å². The summed E-state index contributed by atoms with van der Waals surface area (Å²) in [6.07, 6.45) is 0.813. The van der Waals surface area contributed by atoms with Crippen molar-refractivity contribution in [2.24, 2.45) is 5.92 Å². The molecule has 1 aliphatic rings. The Labute approximate surface area is 217 Å². The van der Waals surface area contributed by atoms with Crippen LogP contribution in [0, 0.1) is 12.8 Å². The minimum atomic E-state index is -0.195. The molecule has 2 heterocycles. The number of carbonyl (C=O) groups is 2. The number of nitrogens with zero attached hydrogens (tertiary/aromatic N) is 2. The molecular formula is C29H34N2O4S. The largest absolute Gasteiger partial charge is 0.497 e. The van der Waals surface area contributed by atoms with Crippen LogP contribution in [0.5, 0.6) is 11.5 Å². The number of benzene rings is 2. The lowest BCUT2D eigenvalue weighted by molar-refractivity contribution is -0.135. The summed E-state index contributed by atoms with van der Waals surface area (Å²) in [7, 11) is 1.58. The molecule has 1 unspecified atom stereocenters. The van der Waals surface area contributed by atoms with Crippen molar-refractivity contribution in [2.45, 2.75) is 33.2 Å². The number of hydrogen-bond donors (Lipinski definition) is 0. The van der Waals surface area contributed by atoms with E-state index in [-0.39, 0.29) is 30.3 Å². The van der Waals surface area contributed by atoms with Crippen molar-refractivity contribution in [1.29, 1.82) is 0 Å². The lowest BCUT2D eigenvalue weighted by Gasteiger charge is -2.37. The van der Waals surface area contributed by atoms with Crippen LogP contribution in [-0.4, -0.2) is 55.0 Å². The standard InChI is InChI=1S/C29H34N2O4S/c1-20(2)17-30(29(33)22-9-7-10-23(16-22)34-4)18-28(32)31-14-12-27-24(13-15-36-27)25(31)19-35-26-11-6-5-8-21(26)3/h5-11,13,15-16,20,25H,12,14,17-19H2,1-4H3. The normalized spacial score (nSPS) is 14.9. The topological polar surface area (TPSA) is 59.1 Å². The molecule has 0 radical (unpaired) electrons. The van der Waals surface area contributed by atoms with Crippen LogP contribution in [-0.2, 0) is 11.2 Å². The molecule has 0 fully saturated rings. The number of amides is 2. The summed E-state index contributed by atoms with van der Waals surface area (Å²) in [5.74, 6) is 1.42. The molecule has 6 nitrogen and oxygen atoms in total. The summed E-state index contributed by atoms with van der Waals surface area (Å²) in [6, 6.07) is 16.9. The first-order valence-electron chi connectivity index (χ1n) is 12.3. The summed E-state index contributed by atoms with van der Waals surface area (Å²) < 4.78 is 11.5. The zero-order valence-electron chi connectivity index (χ0n) is 21.4. The second kappa shape index (κ2) is 11.6. The fraction of sp³-hybridized carbons (Fsp3) is 0.379. The molecule has 1 aromatic heterocycles. The number of rotatable bonds is 9. The van der Waals surface area contributed by atoms with Gasteiger partial charge in [-0.3, -0.25) is 9.59 Å². The average Bonchev–Trinajstić information content (AvgIpc) is 3.36. The number of para-hydroxylation sites is 1. The quantitative estimate of drug-likeness (QED) is 0.392. The molecule has 7 heteroatoms. The minimum Gasteiger partial charge on any atom is -0.497 e. The minimum absolute atomic E-state index is 0.0224. The Bertz CT molecular complexity index is 1210. The molecule has 0 N–H and O–H groups in total. The van der Waals surface area contributed by atoms with Gasteiger partial charge in [0.25, 0.3) is 5.91 Å². The van der Waals surface area contributed by atoms with Crippen molar-refractivity contribution in [2.75, 3.05) is 33.4 Å². The van der Waals surface area contributed by atoms with Crippen LogP contribution in [0.15, 0.2) is 60.0 Å². The maximum atomic E-state index is 13.7. The van der Waals surface area contributed by atoms with E-state index in [1.165, 1.54) is 4.88 Å². The van der Waals surface area contributed by atoms with E-state index in [4.69, 9.17) is 9.47 Å². The molecule has 36 heavy (non-hydrogen) atoms. The zero-order chi connectivity index (χ0) is 25.7. The molecule has 1 atom stereocenters. The first kappa shape index (κ1) is 25.8. The first-order chi connectivity index (χ1) is 17.4. The van der Waals surface area contributed by atoms with E-state index in [0.717, 1.165) is 23.3 Å². The Morgan fingerprint density at radius 1 is 1.14 bits per heavy atom. The molecule has 4 rings (SSSR count). The van der Waals surface area contributed by atoms with Gasteiger partial charge in [0.15, 0.2) is 0 Å². The van der Waals surface area contributed by atoms with Crippen molar-refractivity contribution in [1.82, 2.24) is 9.80 Å².